The molecule has 0 unspecified atom stereocenters. The molecule has 0 aliphatic heterocycles. The van der Waals surface area contributed by atoms with E-state index in [0.29, 0.717) is 19.0 Å². The van der Waals surface area contributed by atoms with Crippen LogP contribution in [0.3, 0.4) is 0 Å². The standard InChI is InChI=1S/C7H14N2O2.C3H8/c1-4-11-6-9-5-7(8-2)10-3;1-3-2/h6H,4-5H2,1-3H3;3H2,1-2H3. The van der Waals surface area contributed by atoms with Crippen LogP contribution in [0.4, 0.5) is 0 Å². The molecule has 4 heteroatoms. The number of nitrogens with zero attached hydrogens (tertiary/aromatic N) is 2. The van der Waals surface area contributed by atoms with Crippen LogP contribution in [0, 0.1) is 0 Å². The van der Waals surface area contributed by atoms with Crippen LogP contribution in [-0.4, -0.2) is 39.6 Å². The third-order valence-electron chi connectivity index (χ3n) is 1.03. The van der Waals surface area contributed by atoms with Gasteiger partial charge in [-0.05, 0) is 6.92 Å². The quantitative estimate of drug-likeness (QED) is 0.518. The van der Waals surface area contributed by atoms with Crippen molar-refractivity contribution in [2.75, 3.05) is 27.3 Å². The van der Waals surface area contributed by atoms with Crippen molar-refractivity contribution in [1.82, 2.24) is 0 Å². The zero-order valence-electron chi connectivity index (χ0n) is 9.91. The fourth-order valence-corrected chi connectivity index (χ4v) is 0.469. The Morgan fingerprint density at radius 3 is 2.21 bits per heavy atom. The number of hydrogen-bond donors (Lipinski definition) is 0. The Kier molecular flexibility index (Phi) is 15.9. The summed E-state index contributed by atoms with van der Waals surface area (Å²) in [5, 5.41) is 0. The second kappa shape index (κ2) is 14.5. The van der Waals surface area contributed by atoms with Crippen molar-refractivity contribution in [2.45, 2.75) is 27.2 Å². The maximum atomic E-state index is 4.87. The molecule has 0 saturated heterocycles. The molecule has 0 rings (SSSR count). The maximum Gasteiger partial charge on any atom is 0.205 e. The Bertz CT molecular complexity index is 156. The van der Waals surface area contributed by atoms with Gasteiger partial charge < -0.3 is 9.47 Å². The van der Waals surface area contributed by atoms with E-state index >= 15 is 0 Å². The van der Waals surface area contributed by atoms with Gasteiger partial charge in [0.15, 0.2) is 6.40 Å². The molecule has 0 fully saturated rings. The Morgan fingerprint density at radius 2 is 1.86 bits per heavy atom. The number of aliphatic imine (C=N–C) groups is 2. The maximum absolute atomic E-state index is 4.87. The average Bonchev–Trinajstić information content (AvgIpc) is 2.20. The lowest BCUT2D eigenvalue weighted by Gasteiger charge is -1.98. The topological polar surface area (TPSA) is 43.2 Å². The first-order chi connectivity index (χ1) is 6.76. The molecule has 0 radical (unpaired) electrons. The minimum atomic E-state index is 0.438. The zero-order chi connectivity index (χ0) is 11.2. The normalized spacial score (nSPS) is 10.8. The van der Waals surface area contributed by atoms with Crippen molar-refractivity contribution >= 4 is 12.3 Å². The summed E-state index contributed by atoms with van der Waals surface area (Å²) in [5.41, 5.74) is 0. The molecule has 0 heterocycles. The van der Waals surface area contributed by atoms with Gasteiger partial charge >= 0.3 is 0 Å². The van der Waals surface area contributed by atoms with E-state index < -0.39 is 0 Å². The Morgan fingerprint density at radius 1 is 1.29 bits per heavy atom. The lowest BCUT2D eigenvalue weighted by Crippen LogP contribution is -2.05. The Labute approximate surface area is 87.0 Å². The van der Waals surface area contributed by atoms with E-state index in [-0.39, 0.29) is 0 Å². The number of ether oxygens (including phenoxy) is 2. The van der Waals surface area contributed by atoms with E-state index in [1.54, 1.807) is 14.2 Å². The summed E-state index contributed by atoms with van der Waals surface area (Å²) in [7, 11) is 3.23. The van der Waals surface area contributed by atoms with Gasteiger partial charge in [0, 0.05) is 7.05 Å². The fourth-order valence-electron chi connectivity index (χ4n) is 0.469. The molecule has 0 amide bonds. The highest BCUT2D eigenvalue weighted by Crippen LogP contribution is 1.79. The van der Waals surface area contributed by atoms with Crippen molar-refractivity contribution in [3.63, 3.8) is 0 Å². The van der Waals surface area contributed by atoms with E-state index in [0.717, 1.165) is 0 Å². The smallest absolute Gasteiger partial charge is 0.205 e. The van der Waals surface area contributed by atoms with Crippen LogP contribution in [0.5, 0.6) is 0 Å². The summed E-state index contributed by atoms with van der Waals surface area (Å²) < 4.78 is 9.73. The first-order valence-electron chi connectivity index (χ1n) is 4.86. The molecule has 0 atom stereocenters. The number of rotatable bonds is 4. The first kappa shape index (κ1) is 15.4. The lowest BCUT2D eigenvalue weighted by atomic mass is 10.6. The van der Waals surface area contributed by atoms with Gasteiger partial charge in [-0.2, -0.15) is 0 Å². The molecule has 0 saturated carbocycles. The highest BCUT2D eigenvalue weighted by atomic mass is 16.5. The van der Waals surface area contributed by atoms with Gasteiger partial charge in [-0.3, -0.25) is 4.99 Å². The van der Waals surface area contributed by atoms with Crippen molar-refractivity contribution < 1.29 is 9.47 Å². The van der Waals surface area contributed by atoms with Crippen molar-refractivity contribution in [3.05, 3.63) is 0 Å². The van der Waals surface area contributed by atoms with E-state index in [1.807, 2.05) is 6.92 Å². The largest absolute Gasteiger partial charge is 0.484 e. The van der Waals surface area contributed by atoms with Crippen LogP contribution in [0.1, 0.15) is 27.2 Å². The third-order valence-corrected chi connectivity index (χ3v) is 1.03. The van der Waals surface area contributed by atoms with Gasteiger partial charge in [-0.1, -0.05) is 20.3 Å². The van der Waals surface area contributed by atoms with E-state index in [9.17, 15) is 0 Å². The minimum absolute atomic E-state index is 0.438. The van der Waals surface area contributed by atoms with Crippen molar-refractivity contribution in [3.8, 4) is 0 Å². The van der Waals surface area contributed by atoms with E-state index in [4.69, 9.17) is 9.47 Å². The Balaban J connectivity index is 0. The molecule has 0 N–H and O–H groups in total. The molecule has 84 valence electrons. The molecule has 0 aromatic heterocycles. The molecule has 0 aliphatic carbocycles. The molecule has 0 aromatic carbocycles. The first-order valence-corrected chi connectivity index (χ1v) is 4.86. The predicted octanol–water partition coefficient (Wildman–Crippen LogP) is 2.14. The van der Waals surface area contributed by atoms with E-state index in [1.165, 1.54) is 12.8 Å². The molecule has 0 aromatic rings. The summed E-state index contributed by atoms with van der Waals surface area (Å²) in [6.45, 7) is 7.22. The average molecular weight is 202 g/mol. The second-order valence-corrected chi connectivity index (χ2v) is 2.43. The van der Waals surface area contributed by atoms with Gasteiger partial charge in [0.25, 0.3) is 0 Å². The third kappa shape index (κ3) is 13.5. The SMILES string of the molecule is CCC.CCOC=NCC(=NC)OC. The van der Waals surface area contributed by atoms with Gasteiger partial charge in [0.05, 0.1) is 13.7 Å². The summed E-state index contributed by atoms with van der Waals surface area (Å²) in [6.07, 6.45) is 2.66. The zero-order valence-corrected chi connectivity index (χ0v) is 9.91. The number of methoxy groups -OCH3 is 1. The predicted molar refractivity (Wildman–Crippen MR) is 61.3 cm³/mol. The molecule has 0 aliphatic rings. The van der Waals surface area contributed by atoms with Gasteiger partial charge in [-0.25, -0.2) is 4.99 Å². The number of hydrogen-bond acceptors (Lipinski definition) is 4. The molecule has 14 heavy (non-hydrogen) atoms. The summed E-state index contributed by atoms with van der Waals surface area (Å²) in [6, 6.07) is 0. The van der Waals surface area contributed by atoms with Crippen LogP contribution in [0.2, 0.25) is 0 Å². The minimum Gasteiger partial charge on any atom is -0.484 e. The Hall–Kier alpha value is -1.06. The lowest BCUT2D eigenvalue weighted by molar-refractivity contribution is 0.341. The van der Waals surface area contributed by atoms with Crippen LogP contribution in [0.15, 0.2) is 9.98 Å². The fraction of sp³-hybridized carbons (Fsp3) is 0.800. The van der Waals surface area contributed by atoms with Crippen molar-refractivity contribution in [1.29, 1.82) is 0 Å². The summed E-state index contributed by atoms with van der Waals surface area (Å²) >= 11 is 0. The highest BCUT2D eigenvalue weighted by Gasteiger charge is 1.90. The van der Waals surface area contributed by atoms with Gasteiger partial charge in [0.1, 0.15) is 6.54 Å². The van der Waals surface area contributed by atoms with Gasteiger partial charge in [0.2, 0.25) is 5.90 Å². The molecule has 0 spiro atoms. The molecule has 4 nitrogen and oxygen atoms in total. The van der Waals surface area contributed by atoms with Crippen LogP contribution >= 0.6 is 0 Å². The molecular formula is C10H22N2O2. The van der Waals surface area contributed by atoms with Gasteiger partial charge in [-0.15, -0.1) is 0 Å². The summed E-state index contributed by atoms with van der Waals surface area (Å²) in [4.78, 5) is 7.73. The van der Waals surface area contributed by atoms with Crippen LogP contribution in [0.25, 0.3) is 0 Å². The molecule has 0 bridgehead atoms. The highest BCUT2D eigenvalue weighted by molar-refractivity contribution is 5.78. The van der Waals surface area contributed by atoms with Crippen molar-refractivity contribution in [2.24, 2.45) is 9.98 Å². The van der Waals surface area contributed by atoms with Crippen LogP contribution in [-0.2, 0) is 9.47 Å². The molecular weight excluding hydrogens is 180 g/mol. The van der Waals surface area contributed by atoms with Crippen LogP contribution < -0.4 is 0 Å². The van der Waals surface area contributed by atoms with E-state index in [2.05, 4.69) is 23.8 Å². The second-order valence-electron chi connectivity index (χ2n) is 2.43. The monoisotopic (exact) mass is 202 g/mol. The summed E-state index contributed by atoms with van der Waals surface area (Å²) in [5.74, 6) is 0.598.